The van der Waals surface area contributed by atoms with Crippen molar-refractivity contribution in [3.05, 3.63) is 35.4 Å². The Morgan fingerprint density at radius 1 is 1.18 bits per heavy atom. The van der Waals surface area contributed by atoms with E-state index in [1.54, 1.807) is 0 Å². The molecule has 2 rings (SSSR count). The third-order valence-electron chi connectivity index (χ3n) is 3.85. The van der Waals surface area contributed by atoms with Crippen molar-refractivity contribution >= 4 is 11.8 Å². The summed E-state index contributed by atoms with van der Waals surface area (Å²) in [6.45, 7) is 0.673. The molecule has 1 saturated heterocycles. The number of nitrogens with two attached hydrogens (primary N) is 1. The largest absolute Gasteiger partial charge is 0.417 e. The molecule has 0 unspecified atom stereocenters. The summed E-state index contributed by atoms with van der Waals surface area (Å²) in [5, 5.41) is 0. The summed E-state index contributed by atoms with van der Waals surface area (Å²) in [6, 6.07) is 4.79. The van der Waals surface area contributed by atoms with Crippen LogP contribution in [0.25, 0.3) is 0 Å². The van der Waals surface area contributed by atoms with E-state index in [2.05, 4.69) is 0 Å². The predicted molar refractivity (Wildman–Crippen MR) is 73.9 cm³/mol. The molecule has 1 aromatic carbocycles. The zero-order valence-electron chi connectivity index (χ0n) is 11.9. The van der Waals surface area contributed by atoms with Crippen molar-refractivity contribution in [3.8, 4) is 0 Å². The molecule has 2 N–H and O–H groups in total. The maximum atomic E-state index is 13.0. The van der Waals surface area contributed by atoms with Crippen LogP contribution < -0.4 is 5.73 Å². The number of carbonyl (C=O) groups is 2. The van der Waals surface area contributed by atoms with E-state index in [0.717, 1.165) is 6.07 Å². The Morgan fingerprint density at radius 2 is 1.77 bits per heavy atom. The highest BCUT2D eigenvalue weighted by molar-refractivity contribution is 5.96. The second kappa shape index (κ2) is 6.37. The number of piperidine rings is 1. The molecule has 0 aromatic heterocycles. The minimum Gasteiger partial charge on any atom is -0.370 e. The van der Waals surface area contributed by atoms with Gasteiger partial charge in [-0.25, -0.2) is 0 Å². The number of likely N-dealkylation sites (tertiary alicyclic amines) is 1. The van der Waals surface area contributed by atoms with E-state index in [1.807, 2.05) is 0 Å². The van der Waals surface area contributed by atoms with E-state index in [0.29, 0.717) is 25.9 Å². The lowest BCUT2D eigenvalue weighted by Crippen LogP contribution is -2.40. The molecule has 0 spiro atoms. The van der Waals surface area contributed by atoms with Gasteiger partial charge < -0.3 is 10.6 Å². The molecule has 120 valence electrons. The highest BCUT2D eigenvalue weighted by atomic mass is 19.4. The van der Waals surface area contributed by atoms with Gasteiger partial charge >= 0.3 is 6.18 Å². The molecule has 0 saturated carbocycles. The summed E-state index contributed by atoms with van der Waals surface area (Å²) >= 11 is 0. The van der Waals surface area contributed by atoms with E-state index >= 15 is 0 Å². The zero-order valence-corrected chi connectivity index (χ0v) is 11.9. The lowest BCUT2D eigenvalue weighted by atomic mass is 9.92. The number of hydrogen-bond donors (Lipinski definition) is 1. The van der Waals surface area contributed by atoms with Crippen LogP contribution in [0.2, 0.25) is 0 Å². The molecule has 0 aliphatic carbocycles. The first kappa shape index (κ1) is 16.3. The first-order valence-electron chi connectivity index (χ1n) is 7.03. The molecule has 1 aliphatic heterocycles. The van der Waals surface area contributed by atoms with Crippen LogP contribution in [0.5, 0.6) is 0 Å². The van der Waals surface area contributed by atoms with Gasteiger partial charge in [-0.2, -0.15) is 13.2 Å². The molecule has 1 aliphatic rings. The molecule has 2 amide bonds. The maximum Gasteiger partial charge on any atom is 0.417 e. The quantitative estimate of drug-likeness (QED) is 0.931. The average molecular weight is 314 g/mol. The van der Waals surface area contributed by atoms with Crippen molar-refractivity contribution in [1.29, 1.82) is 0 Å². The third-order valence-corrected chi connectivity index (χ3v) is 3.85. The zero-order chi connectivity index (χ0) is 16.3. The lowest BCUT2D eigenvalue weighted by molar-refractivity contribution is -0.138. The van der Waals surface area contributed by atoms with Crippen LogP contribution in [0, 0.1) is 5.92 Å². The average Bonchev–Trinajstić information content (AvgIpc) is 2.46. The third kappa shape index (κ3) is 3.78. The summed E-state index contributed by atoms with van der Waals surface area (Å²) in [6.07, 6.45) is -3.16. The monoisotopic (exact) mass is 314 g/mol. The van der Waals surface area contributed by atoms with Gasteiger partial charge in [-0.05, 0) is 30.9 Å². The molecular weight excluding hydrogens is 297 g/mol. The predicted octanol–water partition coefficient (Wildman–Crippen LogP) is 2.43. The van der Waals surface area contributed by atoms with Crippen LogP contribution in [0.15, 0.2) is 24.3 Å². The minimum atomic E-state index is -4.56. The van der Waals surface area contributed by atoms with Gasteiger partial charge in [-0.3, -0.25) is 9.59 Å². The van der Waals surface area contributed by atoms with E-state index in [-0.39, 0.29) is 17.9 Å². The number of hydrogen-bond acceptors (Lipinski definition) is 2. The SMILES string of the molecule is NC(=O)CC1CCN(C(=O)c2ccccc2C(F)(F)F)CC1. The fraction of sp³-hybridized carbons (Fsp3) is 0.467. The van der Waals surface area contributed by atoms with E-state index in [1.165, 1.54) is 23.1 Å². The summed E-state index contributed by atoms with van der Waals surface area (Å²) < 4.78 is 38.9. The van der Waals surface area contributed by atoms with Crippen molar-refractivity contribution in [2.24, 2.45) is 11.7 Å². The summed E-state index contributed by atoms with van der Waals surface area (Å²) in [7, 11) is 0. The minimum absolute atomic E-state index is 0.0967. The number of halogens is 3. The number of amides is 2. The maximum absolute atomic E-state index is 13.0. The summed E-state index contributed by atoms with van der Waals surface area (Å²) in [5.74, 6) is -0.919. The van der Waals surface area contributed by atoms with E-state index < -0.39 is 23.6 Å². The Morgan fingerprint density at radius 3 is 2.32 bits per heavy atom. The smallest absolute Gasteiger partial charge is 0.370 e. The fourth-order valence-electron chi connectivity index (χ4n) is 2.71. The van der Waals surface area contributed by atoms with Crippen LogP contribution in [-0.2, 0) is 11.0 Å². The molecule has 7 heteroatoms. The number of carbonyl (C=O) groups excluding carboxylic acids is 2. The summed E-state index contributed by atoms with van der Waals surface area (Å²) in [4.78, 5) is 24.6. The van der Waals surface area contributed by atoms with Gasteiger partial charge in [0.05, 0.1) is 11.1 Å². The second-order valence-electron chi connectivity index (χ2n) is 5.45. The fourth-order valence-corrected chi connectivity index (χ4v) is 2.71. The Kier molecular flexibility index (Phi) is 4.73. The van der Waals surface area contributed by atoms with Crippen molar-refractivity contribution in [2.75, 3.05) is 13.1 Å². The van der Waals surface area contributed by atoms with Gasteiger partial charge in [-0.15, -0.1) is 0 Å². The summed E-state index contributed by atoms with van der Waals surface area (Å²) in [5.41, 5.74) is 3.88. The Labute approximate surface area is 126 Å². The van der Waals surface area contributed by atoms with Crippen molar-refractivity contribution in [2.45, 2.75) is 25.4 Å². The molecule has 4 nitrogen and oxygen atoms in total. The van der Waals surface area contributed by atoms with Gasteiger partial charge in [0.25, 0.3) is 5.91 Å². The van der Waals surface area contributed by atoms with Crippen LogP contribution >= 0.6 is 0 Å². The molecular formula is C15H17F3N2O2. The highest BCUT2D eigenvalue weighted by Crippen LogP contribution is 2.33. The van der Waals surface area contributed by atoms with Gasteiger partial charge in [0, 0.05) is 19.5 Å². The molecule has 0 atom stereocenters. The standard InChI is InChI=1S/C15H17F3N2O2/c16-15(17,18)12-4-2-1-3-11(12)14(22)20-7-5-10(6-8-20)9-13(19)21/h1-4,10H,5-9H2,(H2,19,21). The molecule has 0 radical (unpaired) electrons. The normalized spacial score (nSPS) is 16.6. The van der Waals surface area contributed by atoms with Crippen molar-refractivity contribution in [3.63, 3.8) is 0 Å². The molecule has 1 aromatic rings. The van der Waals surface area contributed by atoms with Crippen LogP contribution in [0.1, 0.15) is 35.2 Å². The Hall–Kier alpha value is -2.05. The van der Waals surface area contributed by atoms with Gasteiger partial charge in [-0.1, -0.05) is 12.1 Å². The Bertz CT molecular complexity index is 564. The lowest BCUT2D eigenvalue weighted by Gasteiger charge is -2.32. The second-order valence-corrected chi connectivity index (χ2v) is 5.45. The van der Waals surface area contributed by atoms with Crippen LogP contribution in [-0.4, -0.2) is 29.8 Å². The number of primary amides is 1. The van der Waals surface area contributed by atoms with Crippen molar-refractivity contribution < 1.29 is 22.8 Å². The molecule has 1 fully saturated rings. The van der Waals surface area contributed by atoms with Crippen molar-refractivity contribution in [1.82, 2.24) is 4.90 Å². The molecule has 0 bridgehead atoms. The van der Waals surface area contributed by atoms with E-state index in [9.17, 15) is 22.8 Å². The number of alkyl halides is 3. The number of nitrogens with zero attached hydrogens (tertiary/aromatic N) is 1. The van der Waals surface area contributed by atoms with Gasteiger partial charge in [0.1, 0.15) is 0 Å². The highest BCUT2D eigenvalue weighted by Gasteiger charge is 2.36. The molecule has 1 heterocycles. The van der Waals surface area contributed by atoms with Gasteiger partial charge in [0.2, 0.25) is 5.91 Å². The van der Waals surface area contributed by atoms with Crippen LogP contribution in [0.4, 0.5) is 13.2 Å². The first-order valence-corrected chi connectivity index (χ1v) is 7.03. The van der Waals surface area contributed by atoms with E-state index in [4.69, 9.17) is 5.73 Å². The number of rotatable bonds is 3. The van der Waals surface area contributed by atoms with Gasteiger partial charge in [0.15, 0.2) is 0 Å². The Balaban J connectivity index is 2.09. The molecule has 22 heavy (non-hydrogen) atoms. The topological polar surface area (TPSA) is 63.4 Å². The first-order chi connectivity index (χ1) is 10.3. The number of benzene rings is 1. The van der Waals surface area contributed by atoms with Crippen LogP contribution in [0.3, 0.4) is 0 Å².